The molecule has 2 unspecified atom stereocenters. The summed E-state index contributed by atoms with van der Waals surface area (Å²) >= 11 is 0. The molecule has 1 amide bonds. The summed E-state index contributed by atoms with van der Waals surface area (Å²) in [5.41, 5.74) is 0. The van der Waals surface area contributed by atoms with E-state index < -0.39 is 17.8 Å². The number of ether oxygens (including phenoxy) is 1. The lowest BCUT2D eigenvalue weighted by Gasteiger charge is -2.32. The van der Waals surface area contributed by atoms with Gasteiger partial charge in [0.2, 0.25) is 5.91 Å². The van der Waals surface area contributed by atoms with Crippen LogP contribution in [0.2, 0.25) is 0 Å². The summed E-state index contributed by atoms with van der Waals surface area (Å²) in [6.07, 6.45) is 6.73. The molecule has 0 aromatic rings. The standard InChI is InChI=1S/C15H23NO4/c1-16(10-11-6-8-20-9-7-11)14(17)12-4-2-3-5-13(12)15(18)19/h2-3,11-13H,4-10H2,1H3,(H,18,19). The second-order valence-corrected chi connectivity index (χ2v) is 5.77. The van der Waals surface area contributed by atoms with Crippen LogP contribution in [-0.2, 0) is 14.3 Å². The topological polar surface area (TPSA) is 66.8 Å². The molecule has 2 rings (SSSR count). The molecule has 1 N–H and O–H groups in total. The molecular weight excluding hydrogens is 258 g/mol. The zero-order valence-corrected chi connectivity index (χ0v) is 12.0. The van der Waals surface area contributed by atoms with Crippen molar-refractivity contribution in [2.75, 3.05) is 26.8 Å². The first-order valence-electron chi connectivity index (χ1n) is 7.30. The van der Waals surface area contributed by atoms with E-state index in [0.717, 1.165) is 26.1 Å². The van der Waals surface area contributed by atoms with Crippen LogP contribution < -0.4 is 0 Å². The van der Waals surface area contributed by atoms with Gasteiger partial charge in [0, 0.05) is 26.8 Å². The van der Waals surface area contributed by atoms with E-state index in [1.165, 1.54) is 0 Å². The fourth-order valence-corrected chi connectivity index (χ4v) is 3.05. The number of aliphatic carboxylic acids is 1. The van der Waals surface area contributed by atoms with E-state index in [4.69, 9.17) is 4.74 Å². The predicted octanol–water partition coefficient (Wildman–Crippen LogP) is 1.54. The van der Waals surface area contributed by atoms with E-state index in [1.807, 2.05) is 12.2 Å². The lowest BCUT2D eigenvalue weighted by Crippen LogP contribution is -2.42. The van der Waals surface area contributed by atoms with Gasteiger partial charge < -0.3 is 14.7 Å². The van der Waals surface area contributed by atoms with Crippen LogP contribution in [0.3, 0.4) is 0 Å². The lowest BCUT2D eigenvalue weighted by atomic mass is 9.82. The Bertz CT molecular complexity index is 387. The summed E-state index contributed by atoms with van der Waals surface area (Å²) in [5, 5.41) is 9.24. The van der Waals surface area contributed by atoms with Gasteiger partial charge in [0.25, 0.3) is 0 Å². The molecule has 1 fully saturated rings. The van der Waals surface area contributed by atoms with Crippen molar-refractivity contribution in [3.05, 3.63) is 12.2 Å². The van der Waals surface area contributed by atoms with E-state index in [2.05, 4.69) is 0 Å². The second kappa shape index (κ2) is 6.88. The number of hydrogen-bond acceptors (Lipinski definition) is 3. The molecule has 0 aromatic carbocycles. The number of carbonyl (C=O) groups is 2. The maximum atomic E-state index is 12.5. The Balaban J connectivity index is 1.94. The summed E-state index contributed by atoms with van der Waals surface area (Å²) in [6.45, 7) is 2.22. The van der Waals surface area contributed by atoms with Gasteiger partial charge in [-0.15, -0.1) is 0 Å². The van der Waals surface area contributed by atoms with Crippen LogP contribution in [0.5, 0.6) is 0 Å². The van der Waals surface area contributed by atoms with Gasteiger partial charge >= 0.3 is 5.97 Å². The van der Waals surface area contributed by atoms with Crippen molar-refractivity contribution in [1.29, 1.82) is 0 Å². The van der Waals surface area contributed by atoms with E-state index in [1.54, 1.807) is 11.9 Å². The fourth-order valence-electron chi connectivity index (χ4n) is 3.05. The predicted molar refractivity (Wildman–Crippen MR) is 74.2 cm³/mol. The number of rotatable bonds is 4. The Morgan fingerprint density at radius 2 is 1.80 bits per heavy atom. The van der Waals surface area contributed by atoms with Crippen LogP contribution in [-0.4, -0.2) is 48.7 Å². The number of allylic oxidation sites excluding steroid dienone is 2. The smallest absolute Gasteiger partial charge is 0.307 e. The third kappa shape index (κ3) is 3.60. The minimum atomic E-state index is -0.868. The fraction of sp³-hybridized carbons (Fsp3) is 0.733. The number of carboxylic acids is 1. The summed E-state index contributed by atoms with van der Waals surface area (Å²) < 4.78 is 5.32. The molecule has 1 saturated heterocycles. The highest BCUT2D eigenvalue weighted by molar-refractivity contribution is 5.85. The molecule has 20 heavy (non-hydrogen) atoms. The first-order chi connectivity index (χ1) is 9.59. The van der Waals surface area contributed by atoms with Crippen molar-refractivity contribution in [3.8, 4) is 0 Å². The van der Waals surface area contributed by atoms with Gasteiger partial charge in [-0.25, -0.2) is 0 Å². The van der Waals surface area contributed by atoms with Gasteiger partial charge in [-0.2, -0.15) is 0 Å². The third-order valence-electron chi connectivity index (χ3n) is 4.32. The van der Waals surface area contributed by atoms with Crippen molar-refractivity contribution in [1.82, 2.24) is 4.90 Å². The second-order valence-electron chi connectivity index (χ2n) is 5.77. The van der Waals surface area contributed by atoms with Crippen LogP contribution in [0, 0.1) is 17.8 Å². The first-order valence-corrected chi connectivity index (χ1v) is 7.30. The van der Waals surface area contributed by atoms with Gasteiger partial charge in [0.05, 0.1) is 11.8 Å². The molecule has 0 saturated carbocycles. The molecule has 0 bridgehead atoms. The maximum Gasteiger partial charge on any atom is 0.307 e. The lowest BCUT2D eigenvalue weighted by molar-refractivity contribution is -0.150. The molecule has 0 spiro atoms. The molecule has 5 nitrogen and oxygen atoms in total. The van der Waals surface area contributed by atoms with Gasteiger partial charge in [-0.3, -0.25) is 9.59 Å². The molecule has 5 heteroatoms. The average molecular weight is 281 g/mol. The van der Waals surface area contributed by atoms with Crippen molar-refractivity contribution in [2.24, 2.45) is 17.8 Å². The van der Waals surface area contributed by atoms with Crippen molar-refractivity contribution < 1.29 is 19.4 Å². The van der Waals surface area contributed by atoms with Crippen LogP contribution >= 0.6 is 0 Å². The minimum absolute atomic E-state index is 0.0340. The van der Waals surface area contributed by atoms with E-state index >= 15 is 0 Å². The number of carboxylic acid groups (broad SMARTS) is 1. The van der Waals surface area contributed by atoms with Crippen LogP contribution in [0.4, 0.5) is 0 Å². The third-order valence-corrected chi connectivity index (χ3v) is 4.32. The van der Waals surface area contributed by atoms with Crippen LogP contribution in [0.25, 0.3) is 0 Å². The largest absolute Gasteiger partial charge is 0.481 e. The van der Waals surface area contributed by atoms with Crippen molar-refractivity contribution >= 4 is 11.9 Å². The summed E-state index contributed by atoms with van der Waals surface area (Å²) in [5.74, 6) is -1.42. The number of amides is 1. The molecule has 2 aliphatic rings. The SMILES string of the molecule is CN(CC1CCOCC1)C(=O)C1CC=CCC1C(=O)O. The Kier molecular flexibility index (Phi) is 5.17. The molecule has 0 aromatic heterocycles. The molecule has 1 aliphatic heterocycles. The van der Waals surface area contributed by atoms with Gasteiger partial charge in [0.15, 0.2) is 0 Å². The molecule has 1 heterocycles. The quantitative estimate of drug-likeness (QED) is 0.794. The Hall–Kier alpha value is -1.36. The zero-order valence-electron chi connectivity index (χ0n) is 12.0. The Labute approximate surface area is 119 Å². The van der Waals surface area contributed by atoms with Crippen LogP contribution in [0.1, 0.15) is 25.7 Å². The highest BCUT2D eigenvalue weighted by Gasteiger charge is 2.35. The highest BCUT2D eigenvalue weighted by atomic mass is 16.5. The Morgan fingerprint density at radius 1 is 1.20 bits per heavy atom. The first kappa shape index (κ1) is 15.0. The normalized spacial score (nSPS) is 27.2. The van der Waals surface area contributed by atoms with Gasteiger partial charge in [-0.05, 0) is 31.6 Å². The molecule has 2 atom stereocenters. The average Bonchev–Trinajstić information content (AvgIpc) is 2.47. The number of nitrogens with zero attached hydrogens (tertiary/aromatic N) is 1. The van der Waals surface area contributed by atoms with E-state index in [-0.39, 0.29) is 5.91 Å². The summed E-state index contributed by atoms with van der Waals surface area (Å²) in [6, 6.07) is 0. The molecule has 0 radical (unpaired) electrons. The van der Waals surface area contributed by atoms with Crippen LogP contribution in [0.15, 0.2) is 12.2 Å². The monoisotopic (exact) mass is 281 g/mol. The summed E-state index contributed by atoms with van der Waals surface area (Å²) in [4.78, 5) is 25.5. The van der Waals surface area contributed by atoms with Gasteiger partial charge in [0.1, 0.15) is 0 Å². The molecular formula is C15H23NO4. The highest BCUT2D eigenvalue weighted by Crippen LogP contribution is 2.28. The number of hydrogen-bond donors (Lipinski definition) is 1. The zero-order chi connectivity index (χ0) is 14.5. The maximum absolute atomic E-state index is 12.5. The minimum Gasteiger partial charge on any atom is -0.481 e. The van der Waals surface area contributed by atoms with E-state index in [0.29, 0.717) is 25.3 Å². The van der Waals surface area contributed by atoms with Gasteiger partial charge in [-0.1, -0.05) is 12.2 Å². The van der Waals surface area contributed by atoms with Crippen molar-refractivity contribution in [3.63, 3.8) is 0 Å². The number of carbonyl (C=O) groups excluding carboxylic acids is 1. The van der Waals surface area contributed by atoms with E-state index in [9.17, 15) is 14.7 Å². The molecule has 112 valence electrons. The van der Waals surface area contributed by atoms with Crippen molar-refractivity contribution in [2.45, 2.75) is 25.7 Å². The summed E-state index contributed by atoms with van der Waals surface area (Å²) in [7, 11) is 1.79. The Morgan fingerprint density at radius 3 is 2.40 bits per heavy atom. The molecule has 1 aliphatic carbocycles.